The molecule has 0 unspecified atom stereocenters. The highest BCUT2D eigenvalue weighted by Gasteiger charge is 2.55. The van der Waals surface area contributed by atoms with Gasteiger partial charge in [-0.05, 0) is 55.3 Å². The average Bonchev–Trinajstić information content (AvgIpc) is 3.42. The van der Waals surface area contributed by atoms with Gasteiger partial charge in [0.1, 0.15) is 0 Å². The Bertz CT molecular complexity index is 1310. The van der Waals surface area contributed by atoms with Gasteiger partial charge in [-0.3, -0.25) is 14.5 Å². The van der Waals surface area contributed by atoms with Gasteiger partial charge in [0.2, 0.25) is 5.91 Å². The topological polar surface area (TPSA) is 74.6 Å². The number of nitrogens with one attached hydrogen (secondary N) is 1. The van der Waals surface area contributed by atoms with Crippen molar-refractivity contribution in [1.82, 2.24) is 9.47 Å². The summed E-state index contributed by atoms with van der Waals surface area (Å²) in [5.74, 6) is -0.357. The van der Waals surface area contributed by atoms with Crippen molar-refractivity contribution in [3.63, 3.8) is 0 Å². The number of amides is 1. The molecule has 2 aliphatic rings. The number of aliphatic hydroxyl groups is 1. The lowest BCUT2D eigenvalue weighted by Gasteiger charge is -2.30. The van der Waals surface area contributed by atoms with E-state index in [1.807, 2.05) is 78.2 Å². The van der Waals surface area contributed by atoms with E-state index in [4.69, 9.17) is 0 Å². The minimum Gasteiger partial charge on any atom is -0.396 e. The Morgan fingerprint density at radius 1 is 1.06 bits per heavy atom. The normalized spacial score (nSPS) is 23.1. The van der Waals surface area contributed by atoms with Crippen molar-refractivity contribution in [3.8, 4) is 11.1 Å². The van der Waals surface area contributed by atoms with Gasteiger partial charge in [0.05, 0.1) is 12.1 Å². The number of carbonyl (C=O) groups excluding carboxylic acids is 1. The lowest BCUT2D eigenvalue weighted by molar-refractivity contribution is -0.122. The zero-order valence-corrected chi connectivity index (χ0v) is 20.8. The van der Waals surface area contributed by atoms with Gasteiger partial charge in [0.15, 0.2) is 0 Å². The fourth-order valence-electron chi connectivity index (χ4n) is 6.04. The molecular formula is C30H33N3O3. The third kappa shape index (κ3) is 4.21. The summed E-state index contributed by atoms with van der Waals surface area (Å²) in [6, 6.07) is 21.3. The largest absolute Gasteiger partial charge is 0.396 e. The van der Waals surface area contributed by atoms with Crippen molar-refractivity contribution in [3.05, 3.63) is 94.4 Å². The first-order valence-corrected chi connectivity index (χ1v) is 12.8. The first kappa shape index (κ1) is 24.2. The molecule has 2 aromatic carbocycles. The summed E-state index contributed by atoms with van der Waals surface area (Å²) in [5, 5.41) is 13.5. The van der Waals surface area contributed by atoms with E-state index in [0.717, 1.165) is 28.9 Å². The van der Waals surface area contributed by atoms with Gasteiger partial charge < -0.3 is 15.0 Å². The van der Waals surface area contributed by atoms with Gasteiger partial charge >= 0.3 is 0 Å². The van der Waals surface area contributed by atoms with Crippen LogP contribution >= 0.6 is 0 Å². The molecule has 5 rings (SSSR count). The molecule has 1 aromatic heterocycles. The Hall–Kier alpha value is -3.48. The van der Waals surface area contributed by atoms with Gasteiger partial charge in [0.25, 0.3) is 5.56 Å². The lowest BCUT2D eigenvalue weighted by Crippen LogP contribution is -2.46. The van der Waals surface area contributed by atoms with Crippen LogP contribution < -0.4 is 10.9 Å². The summed E-state index contributed by atoms with van der Waals surface area (Å²) < 4.78 is 1.84. The number of benzene rings is 2. The van der Waals surface area contributed by atoms with Crippen LogP contribution in [-0.2, 0) is 11.3 Å². The zero-order valence-electron chi connectivity index (χ0n) is 20.8. The second-order valence-electron chi connectivity index (χ2n) is 9.70. The van der Waals surface area contributed by atoms with E-state index < -0.39 is 6.04 Å². The Kier molecular flexibility index (Phi) is 6.90. The minimum absolute atomic E-state index is 0.00585. The van der Waals surface area contributed by atoms with E-state index >= 15 is 0 Å². The summed E-state index contributed by atoms with van der Waals surface area (Å²) in [5.41, 5.74) is 4.54. The Labute approximate surface area is 211 Å². The molecule has 3 aromatic rings. The molecule has 0 saturated carbocycles. The summed E-state index contributed by atoms with van der Waals surface area (Å²) in [6.07, 6.45) is 4.57. The fourth-order valence-corrected chi connectivity index (χ4v) is 6.04. The van der Waals surface area contributed by atoms with Gasteiger partial charge in [-0.15, -0.1) is 0 Å². The predicted octanol–water partition coefficient (Wildman–Crippen LogP) is 4.56. The molecule has 6 nitrogen and oxygen atoms in total. The Morgan fingerprint density at radius 2 is 1.78 bits per heavy atom. The molecule has 2 aliphatic heterocycles. The SMILES string of the molecule is C/C=C\c1ccc2n(c1=O)C[C@H]1[C@H](CO)[C@@H](C(=O)Nc3ccc(-c4ccccc4)cc3)N(CCC)[C@@H]21. The molecule has 1 fully saturated rings. The minimum atomic E-state index is -0.460. The van der Waals surface area contributed by atoms with Gasteiger partial charge in [-0.2, -0.15) is 0 Å². The van der Waals surface area contributed by atoms with Gasteiger partial charge in [-0.25, -0.2) is 0 Å². The highest BCUT2D eigenvalue weighted by molar-refractivity contribution is 5.95. The smallest absolute Gasteiger partial charge is 0.258 e. The molecule has 3 heterocycles. The lowest BCUT2D eigenvalue weighted by atomic mass is 9.88. The molecule has 0 spiro atoms. The van der Waals surface area contributed by atoms with Crippen molar-refractivity contribution in [2.75, 3.05) is 18.5 Å². The van der Waals surface area contributed by atoms with E-state index in [-0.39, 0.29) is 36.0 Å². The van der Waals surface area contributed by atoms with Crippen LogP contribution in [0.25, 0.3) is 17.2 Å². The Balaban J connectivity index is 1.42. The van der Waals surface area contributed by atoms with Crippen LogP contribution in [0, 0.1) is 11.8 Å². The molecule has 0 aliphatic carbocycles. The highest BCUT2D eigenvalue weighted by atomic mass is 16.3. The van der Waals surface area contributed by atoms with Crippen molar-refractivity contribution < 1.29 is 9.90 Å². The second kappa shape index (κ2) is 10.2. The number of rotatable bonds is 7. The monoisotopic (exact) mass is 483 g/mol. The summed E-state index contributed by atoms with van der Waals surface area (Å²) in [4.78, 5) is 28.9. The van der Waals surface area contributed by atoms with Crippen LogP contribution in [0.2, 0.25) is 0 Å². The van der Waals surface area contributed by atoms with E-state index in [9.17, 15) is 14.7 Å². The number of aromatic nitrogens is 1. The van der Waals surface area contributed by atoms with E-state index in [1.165, 1.54) is 0 Å². The molecule has 0 radical (unpaired) electrons. The van der Waals surface area contributed by atoms with Crippen LogP contribution in [0.4, 0.5) is 5.69 Å². The third-order valence-corrected chi connectivity index (χ3v) is 7.58. The number of anilines is 1. The van der Waals surface area contributed by atoms with Crippen molar-refractivity contribution >= 4 is 17.7 Å². The quantitative estimate of drug-likeness (QED) is 0.517. The number of pyridine rings is 1. The van der Waals surface area contributed by atoms with Crippen LogP contribution in [0.1, 0.15) is 37.6 Å². The standard InChI is InChI=1S/C30H33N3O3/c1-3-8-22-13-16-26-27-24(18-33(26)30(22)36)25(19-34)28(32(27)17-4-2)29(35)31-23-14-11-21(12-15-23)20-9-6-5-7-10-20/h3,5-16,24-25,27-28,34H,4,17-19H2,1-2H3,(H,31,35)/b8-3-/t24-,25-,27+,28-/m0/s1. The van der Waals surface area contributed by atoms with Crippen LogP contribution in [-0.4, -0.2) is 39.7 Å². The van der Waals surface area contributed by atoms with Crippen LogP contribution in [0.5, 0.6) is 0 Å². The Morgan fingerprint density at radius 3 is 2.44 bits per heavy atom. The molecule has 6 heteroatoms. The van der Waals surface area contributed by atoms with Crippen molar-refractivity contribution in [2.24, 2.45) is 11.8 Å². The summed E-state index contributed by atoms with van der Waals surface area (Å²) in [7, 11) is 0. The third-order valence-electron chi connectivity index (χ3n) is 7.58. The number of fused-ring (bicyclic) bond motifs is 3. The van der Waals surface area contributed by atoms with Crippen LogP contribution in [0.15, 0.2) is 77.6 Å². The molecule has 1 amide bonds. The number of aliphatic hydroxyl groups excluding tert-OH is 1. The highest BCUT2D eigenvalue weighted by Crippen LogP contribution is 2.49. The number of nitrogens with zero attached hydrogens (tertiary/aromatic N) is 2. The average molecular weight is 484 g/mol. The van der Waals surface area contributed by atoms with Crippen molar-refractivity contribution in [2.45, 2.75) is 38.9 Å². The maximum absolute atomic E-state index is 13.6. The number of likely N-dealkylation sites (tertiary alicyclic amines) is 1. The second-order valence-corrected chi connectivity index (χ2v) is 9.70. The number of hydrogen-bond acceptors (Lipinski definition) is 4. The molecule has 0 bridgehead atoms. The summed E-state index contributed by atoms with van der Waals surface area (Å²) in [6.45, 7) is 5.13. The first-order chi connectivity index (χ1) is 17.6. The number of allylic oxidation sites excluding steroid dienone is 1. The van der Waals surface area contributed by atoms with Gasteiger partial charge in [0, 0.05) is 41.9 Å². The summed E-state index contributed by atoms with van der Waals surface area (Å²) >= 11 is 0. The molecule has 4 atom stereocenters. The molecule has 1 saturated heterocycles. The van der Waals surface area contributed by atoms with Gasteiger partial charge in [-0.1, -0.05) is 61.5 Å². The van der Waals surface area contributed by atoms with Crippen LogP contribution in [0.3, 0.4) is 0 Å². The van der Waals surface area contributed by atoms with Crippen molar-refractivity contribution in [1.29, 1.82) is 0 Å². The number of hydrogen-bond donors (Lipinski definition) is 2. The molecule has 36 heavy (non-hydrogen) atoms. The van der Waals surface area contributed by atoms with E-state index in [0.29, 0.717) is 18.7 Å². The molecular weight excluding hydrogens is 450 g/mol. The van der Waals surface area contributed by atoms with E-state index in [1.54, 1.807) is 0 Å². The first-order valence-electron chi connectivity index (χ1n) is 12.8. The fraction of sp³-hybridized carbons (Fsp3) is 0.333. The molecule has 2 N–H and O–H groups in total. The molecule has 186 valence electrons. The zero-order chi connectivity index (χ0) is 25.2. The maximum atomic E-state index is 13.6. The van der Waals surface area contributed by atoms with E-state index in [2.05, 4.69) is 29.3 Å². The predicted molar refractivity (Wildman–Crippen MR) is 144 cm³/mol. The number of carbonyl (C=O) groups is 1. The maximum Gasteiger partial charge on any atom is 0.258 e.